The predicted octanol–water partition coefficient (Wildman–Crippen LogP) is 3.51. The molecule has 1 atom stereocenters. The monoisotopic (exact) mass is 325 g/mol. The van der Waals surface area contributed by atoms with E-state index in [4.69, 9.17) is 0 Å². The molecule has 0 fully saturated rings. The van der Waals surface area contributed by atoms with E-state index in [-0.39, 0.29) is 5.91 Å². The molecular formula is C21H27NO2. The topological polar surface area (TPSA) is 49.3 Å². The molecule has 0 spiro atoms. The Morgan fingerprint density at radius 3 is 2.08 bits per heavy atom. The zero-order valence-corrected chi connectivity index (χ0v) is 14.4. The summed E-state index contributed by atoms with van der Waals surface area (Å²) < 4.78 is 0. The molecule has 1 amide bonds. The first kappa shape index (κ1) is 18.2. The number of aryl methyl sites for hydroxylation is 2. The summed E-state index contributed by atoms with van der Waals surface area (Å²) in [6.45, 7) is 2.07. The van der Waals surface area contributed by atoms with E-state index >= 15 is 0 Å². The van der Waals surface area contributed by atoms with Gasteiger partial charge < -0.3 is 10.4 Å². The first-order valence-corrected chi connectivity index (χ1v) is 8.62. The Morgan fingerprint density at radius 2 is 1.50 bits per heavy atom. The number of carbonyl (C=O) groups is 1. The van der Waals surface area contributed by atoms with Gasteiger partial charge in [0.2, 0.25) is 5.91 Å². The first-order valence-electron chi connectivity index (χ1n) is 8.62. The van der Waals surface area contributed by atoms with Gasteiger partial charge in [0, 0.05) is 13.0 Å². The van der Waals surface area contributed by atoms with E-state index < -0.39 is 5.60 Å². The molecule has 3 heteroatoms. The minimum absolute atomic E-state index is 0.00548. The van der Waals surface area contributed by atoms with Crippen molar-refractivity contribution in [3.8, 4) is 0 Å². The standard InChI is InChI=1S/C21H27NO2/c1-21(24,16-15-19-11-6-3-7-12-19)17-22-20(23)14-8-13-18-9-4-2-5-10-18/h2-7,9-12,24H,8,13-17H2,1H3,(H,22,23). The summed E-state index contributed by atoms with van der Waals surface area (Å²) in [4.78, 5) is 11.9. The van der Waals surface area contributed by atoms with Gasteiger partial charge in [-0.1, -0.05) is 60.7 Å². The highest BCUT2D eigenvalue weighted by atomic mass is 16.3. The zero-order valence-electron chi connectivity index (χ0n) is 14.4. The van der Waals surface area contributed by atoms with E-state index in [1.807, 2.05) is 36.4 Å². The molecule has 0 aliphatic rings. The van der Waals surface area contributed by atoms with Crippen molar-refractivity contribution in [2.45, 2.75) is 44.6 Å². The summed E-state index contributed by atoms with van der Waals surface area (Å²) >= 11 is 0. The van der Waals surface area contributed by atoms with Crippen LogP contribution >= 0.6 is 0 Å². The Balaban J connectivity index is 1.64. The van der Waals surface area contributed by atoms with Gasteiger partial charge in [-0.3, -0.25) is 4.79 Å². The lowest BCUT2D eigenvalue weighted by atomic mass is 9.96. The average molecular weight is 325 g/mol. The van der Waals surface area contributed by atoms with E-state index in [2.05, 4.69) is 29.6 Å². The highest BCUT2D eigenvalue weighted by molar-refractivity contribution is 5.75. The molecule has 3 nitrogen and oxygen atoms in total. The quantitative estimate of drug-likeness (QED) is 0.741. The van der Waals surface area contributed by atoms with Gasteiger partial charge in [-0.05, 0) is 43.7 Å². The van der Waals surface area contributed by atoms with E-state index in [9.17, 15) is 9.90 Å². The Bertz CT molecular complexity index is 608. The number of nitrogens with one attached hydrogen (secondary N) is 1. The molecule has 0 saturated heterocycles. The lowest BCUT2D eigenvalue weighted by molar-refractivity contribution is -0.122. The Labute approximate surface area is 144 Å². The van der Waals surface area contributed by atoms with Crippen LogP contribution in [0.5, 0.6) is 0 Å². The molecule has 0 bridgehead atoms. The lowest BCUT2D eigenvalue weighted by Gasteiger charge is -2.23. The van der Waals surface area contributed by atoms with Crippen LogP contribution < -0.4 is 5.32 Å². The maximum absolute atomic E-state index is 11.9. The highest BCUT2D eigenvalue weighted by Gasteiger charge is 2.20. The predicted molar refractivity (Wildman–Crippen MR) is 97.8 cm³/mol. The van der Waals surface area contributed by atoms with Crippen LogP contribution in [-0.4, -0.2) is 23.2 Å². The van der Waals surface area contributed by atoms with Gasteiger partial charge in [-0.2, -0.15) is 0 Å². The molecule has 0 heterocycles. The molecule has 0 saturated carbocycles. The molecule has 0 aliphatic carbocycles. The lowest BCUT2D eigenvalue weighted by Crippen LogP contribution is -2.40. The number of aliphatic hydroxyl groups is 1. The third-order valence-corrected chi connectivity index (χ3v) is 4.17. The minimum Gasteiger partial charge on any atom is -0.388 e. The van der Waals surface area contributed by atoms with Crippen LogP contribution in [0, 0.1) is 0 Å². The number of amides is 1. The van der Waals surface area contributed by atoms with E-state index in [0.717, 1.165) is 19.3 Å². The van der Waals surface area contributed by atoms with Crippen LogP contribution in [0.1, 0.15) is 37.3 Å². The molecule has 2 aromatic rings. The number of rotatable bonds is 9. The summed E-state index contributed by atoms with van der Waals surface area (Å²) in [7, 11) is 0. The van der Waals surface area contributed by atoms with Crippen LogP contribution in [-0.2, 0) is 17.6 Å². The third kappa shape index (κ3) is 6.97. The van der Waals surface area contributed by atoms with Crippen LogP contribution in [0.2, 0.25) is 0 Å². The van der Waals surface area contributed by atoms with E-state index in [0.29, 0.717) is 19.4 Å². The zero-order chi connectivity index (χ0) is 17.3. The number of hydrogen-bond donors (Lipinski definition) is 2. The molecular weight excluding hydrogens is 298 g/mol. The van der Waals surface area contributed by atoms with Crippen molar-refractivity contribution in [1.29, 1.82) is 0 Å². The van der Waals surface area contributed by atoms with Crippen LogP contribution in [0.25, 0.3) is 0 Å². The van der Waals surface area contributed by atoms with Gasteiger partial charge in [0.15, 0.2) is 0 Å². The van der Waals surface area contributed by atoms with Crippen LogP contribution in [0.15, 0.2) is 60.7 Å². The van der Waals surface area contributed by atoms with Crippen molar-refractivity contribution in [1.82, 2.24) is 5.32 Å². The second-order valence-electron chi connectivity index (χ2n) is 6.60. The highest BCUT2D eigenvalue weighted by Crippen LogP contribution is 2.13. The van der Waals surface area contributed by atoms with Crippen molar-refractivity contribution < 1.29 is 9.90 Å². The molecule has 2 aromatic carbocycles. The minimum atomic E-state index is -0.884. The number of hydrogen-bond acceptors (Lipinski definition) is 2. The van der Waals surface area contributed by atoms with Gasteiger partial charge >= 0.3 is 0 Å². The number of benzene rings is 2. The second-order valence-corrected chi connectivity index (χ2v) is 6.60. The van der Waals surface area contributed by atoms with Crippen molar-refractivity contribution >= 4 is 5.91 Å². The van der Waals surface area contributed by atoms with Crippen molar-refractivity contribution in [3.05, 3.63) is 71.8 Å². The largest absolute Gasteiger partial charge is 0.388 e. The molecule has 0 radical (unpaired) electrons. The molecule has 1 unspecified atom stereocenters. The third-order valence-electron chi connectivity index (χ3n) is 4.17. The van der Waals surface area contributed by atoms with Gasteiger partial charge in [-0.25, -0.2) is 0 Å². The summed E-state index contributed by atoms with van der Waals surface area (Å²) in [6, 6.07) is 20.3. The fourth-order valence-corrected chi connectivity index (χ4v) is 2.62. The maximum Gasteiger partial charge on any atom is 0.220 e. The smallest absolute Gasteiger partial charge is 0.220 e. The van der Waals surface area contributed by atoms with Gasteiger partial charge in [-0.15, -0.1) is 0 Å². The molecule has 0 aliphatic heterocycles. The van der Waals surface area contributed by atoms with Crippen molar-refractivity contribution in [2.75, 3.05) is 6.54 Å². The fourth-order valence-electron chi connectivity index (χ4n) is 2.62. The van der Waals surface area contributed by atoms with Crippen molar-refractivity contribution in [3.63, 3.8) is 0 Å². The van der Waals surface area contributed by atoms with Crippen LogP contribution in [0.3, 0.4) is 0 Å². The van der Waals surface area contributed by atoms with E-state index in [1.165, 1.54) is 11.1 Å². The van der Waals surface area contributed by atoms with Gasteiger partial charge in [0.1, 0.15) is 0 Å². The summed E-state index contributed by atoms with van der Waals surface area (Å²) in [5.74, 6) is 0.00548. The summed E-state index contributed by atoms with van der Waals surface area (Å²) in [6.07, 6.45) is 3.64. The molecule has 2 N–H and O–H groups in total. The fraction of sp³-hybridized carbons (Fsp3) is 0.381. The first-order chi connectivity index (χ1) is 11.6. The van der Waals surface area contributed by atoms with E-state index in [1.54, 1.807) is 6.92 Å². The normalized spacial score (nSPS) is 13.2. The maximum atomic E-state index is 11.9. The summed E-state index contributed by atoms with van der Waals surface area (Å²) in [5, 5.41) is 13.3. The Kier molecular flexibility index (Phi) is 7.01. The Hall–Kier alpha value is -2.13. The van der Waals surface area contributed by atoms with Gasteiger partial charge in [0.05, 0.1) is 5.60 Å². The molecule has 2 rings (SSSR count). The second kappa shape index (κ2) is 9.24. The van der Waals surface area contributed by atoms with Crippen molar-refractivity contribution in [2.24, 2.45) is 0 Å². The van der Waals surface area contributed by atoms with Gasteiger partial charge in [0.25, 0.3) is 0 Å². The molecule has 24 heavy (non-hydrogen) atoms. The molecule has 0 aromatic heterocycles. The molecule has 128 valence electrons. The average Bonchev–Trinajstić information content (AvgIpc) is 2.60. The summed E-state index contributed by atoms with van der Waals surface area (Å²) in [5.41, 5.74) is 1.57. The Morgan fingerprint density at radius 1 is 0.958 bits per heavy atom. The van der Waals surface area contributed by atoms with Crippen LogP contribution in [0.4, 0.5) is 0 Å². The SMILES string of the molecule is CC(O)(CCc1ccccc1)CNC(=O)CCCc1ccccc1. The number of carbonyl (C=O) groups excluding carboxylic acids is 1.